The molecule has 0 saturated carbocycles. The fourth-order valence-corrected chi connectivity index (χ4v) is 4.40. The Hall–Kier alpha value is -0.240. The van der Waals surface area contributed by atoms with Gasteiger partial charge in [0.1, 0.15) is 0 Å². The highest BCUT2D eigenvalue weighted by atomic mass is 16.6. The van der Waals surface area contributed by atoms with Crippen molar-refractivity contribution < 1.29 is 29.2 Å². The second-order valence-corrected chi connectivity index (χ2v) is 9.23. The zero-order chi connectivity index (χ0) is 21.4. The van der Waals surface area contributed by atoms with Crippen LogP contribution in [0.4, 0.5) is 0 Å². The van der Waals surface area contributed by atoms with E-state index in [-0.39, 0.29) is 37.6 Å². The highest BCUT2D eigenvalue weighted by Gasteiger charge is 2.25. The van der Waals surface area contributed by atoms with Crippen LogP contribution in [0.2, 0.25) is 0 Å². The van der Waals surface area contributed by atoms with E-state index >= 15 is 0 Å². The largest absolute Gasteiger partial charge is 0.394 e. The molecule has 0 aromatic carbocycles. The summed E-state index contributed by atoms with van der Waals surface area (Å²) in [6.45, 7) is 5.62. The summed E-state index contributed by atoms with van der Waals surface area (Å²) >= 11 is 0. The van der Waals surface area contributed by atoms with E-state index in [1.54, 1.807) is 0 Å². The zero-order valence-electron chi connectivity index (χ0n) is 19.1. The molecule has 5 atom stereocenters. The van der Waals surface area contributed by atoms with E-state index in [0.29, 0.717) is 13.2 Å². The van der Waals surface area contributed by atoms with Gasteiger partial charge < -0.3 is 29.2 Å². The number of hydrogen-bond acceptors (Lipinski definition) is 6. The van der Waals surface area contributed by atoms with Gasteiger partial charge in [0.05, 0.1) is 50.8 Å². The molecule has 6 heteroatoms. The van der Waals surface area contributed by atoms with Crippen molar-refractivity contribution in [2.24, 2.45) is 5.92 Å². The lowest BCUT2D eigenvalue weighted by Crippen LogP contribution is -2.19. The van der Waals surface area contributed by atoms with Gasteiger partial charge in [-0.3, -0.25) is 0 Å². The molecule has 2 rings (SSSR count). The predicted octanol–water partition coefficient (Wildman–Crippen LogP) is 3.86. The van der Waals surface area contributed by atoms with Gasteiger partial charge in [-0.25, -0.2) is 0 Å². The summed E-state index contributed by atoms with van der Waals surface area (Å²) in [6, 6.07) is 0. The lowest BCUT2D eigenvalue weighted by Gasteiger charge is -2.14. The first kappa shape index (κ1) is 26.0. The summed E-state index contributed by atoms with van der Waals surface area (Å²) < 4.78 is 22.8. The van der Waals surface area contributed by atoms with E-state index in [4.69, 9.17) is 29.2 Å². The molecule has 2 fully saturated rings. The van der Waals surface area contributed by atoms with E-state index in [9.17, 15) is 0 Å². The lowest BCUT2D eigenvalue weighted by atomic mass is 9.97. The first-order chi connectivity index (χ1) is 14.7. The van der Waals surface area contributed by atoms with Crippen molar-refractivity contribution in [3.8, 4) is 0 Å². The Morgan fingerprint density at radius 3 is 1.60 bits per heavy atom. The highest BCUT2D eigenvalue weighted by Crippen LogP contribution is 2.21. The molecule has 0 amide bonds. The molecule has 0 aliphatic carbocycles. The van der Waals surface area contributed by atoms with Gasteiger partial charge in [0.2, 0.25) is 0 Å². The molecule has 2 saturated heterocycles. The van der Waals surface area contributed by atoms with Crippen molar-refractivity contribution in [2.75, 3.05) is 39.6 Å². The minimum Gasteiger partial charge on any atom is -0.394 e. The quantitative estimate of drug-likeness (QED) is 0.322. The normalized spacial score (nSPS) is 27.7. The maximum atomic E-state index is 9.07. The molecule has 0 aromatic heterocycles. The number of ether oxygens (including phenoxy) is 4. The second-order valence-electron chi connectivity index (χ2n) is 9.23. The van der Waals surface area contributed by atoms with Gasteiger partial charge in [-0.2, -0.15) is 0 Å². The van der Waals surface area contributed by atoms with Gasteiger partial charge in [-0.1, -0.05) is 45.4 Å². The summed E-state index contributed by atoms with van der Waals surface area (Å²) in [6.07, 6.45) is 14.3. The van der Waals surface area contributed by atoms with Gasteiger partial charge in [0.15, 0.2) is 0 Å². The van der Waals surface area contributed by atoms with Crippen molar-refractivity contribution in [1.29, 1.82) is 0 Å². The molecule has 2 aliphatic heterocycles. The third kappa shape index (κ3) is 11.4. The molecule has 0 aromatic rings. The molecule has 0 spiro atoms. The van der Waals surface area contributed by atoms with E-state index in [1.807, 2.05) is 0 Å². The van der Waals surface area contributed by atoms with E-state index in [2.05, 4.69) is 6.92 Å². The van der Waals surface area contributed by atoms with E-state index in [1.165, 1.54) is 38.5 Å². The Balaban J connectivity index is 1.28. The summed E-state index contributed by atoms with van der Waals surface area (Å²) in [5.41, 5.74) is 0. The minimum atomic E-state index is 0.0269. The van der Waals surface area contributed by atoms with Crippen LogP contribution in [0.1, 0.15) is 84.0 Å². The SMILES string of the molecule is CC(CCCCCCOC[C@@H]1CC[C@@H](CO)O1)CCCCOC[C@H]1CC[C@@H](CO)O1. The molecule has 0 bridgehead atoms. The standard InChI is InChI=1S/C24H46O6/c1-20(9-5-7-15-28-19-24-13-11-22(17-26)30-24)8-4-2-3-6-14-27-18-23-12-10-21(16-25)29-23/h20-26H,2-19H2,1H3/t20?,21-,22-,23-,24+/m0/s1. The number of unbranched alkanes of at least 4 members (excludes halogenated alkanes) is 4. The summed E-state index contributed by atoms with van der Waals surface area (Å²) in [5.74, 6) is 0.795. The van der Waals surface area contributed by atoms with Crippen molar-refractivity contribution in [3.63, 3.8) is 0 Å². The van der Waals surface area contributed by atoms with Crippen LogP contribution < -0.4 is 0 Å². The molecule has 178 valence electrons. The Morgan fingerprint density at radius 1 is 0.667 bits per heavy atom. The average molecular weight is 431 g/mol. The van der Waals surface area contributed by atoms with Gasteiger partial charge in [-0.15, -0.1) is 0 Å². The molecule has 2 aliphatic rings. The van der Waals surface area contributed by atoms with Crippen LogP contribution in [0, 0.1) is 5.92 Å². The molecule has 0 radical (unpaired) electrons. The molecule has 6 nitrogen and oxygen atoms in total. The van der Waals surface area contributed by atoms with Gasteiger partial charge in [0, 0.05) is 13.2 Å². The minimum absolute atomic E-state index is 0.0269. The average Bonchev–Trinajstić information content (AvgIpc) is 3.41. The molecule has 30 heavy (non-hydrogen) atoms. The molecular weight excluding hydrogens is 384 g/mol. The predicted molar refractivity (Wildman–Crippen MR) is 118 cm³/mol. The monoisotopic (exact) mass is 430 g/mol. The molecular formula is C24H46O6. The first-order valence-electron chi connectivity index (χ1n) is 12.4. The maximum absolute atomic E-state index is 9.07. The second kappa shape index (κ2) is 16.4. The van der Waals surface area contributed by atoms with Crippen molar-refractivity contribution in [2.45, 2.75) is 108 Å². The maximum Gasteiger partial charge on any atom is 0.0814 e. The Labute approximate surface area is 183 Å². The number of rotatable bonds is 18. The van der Waals surface area contributed by atoms with Crippen LogP contribution in [0.5, 0.6) is 0 Å². The topological polar surface area (TPSA) is 77.4 Å². The first-order valence-corrected chi connectivity index (χ1v) is 12.4. The molecule has 2 N–H and O–H groups in total. The third-order valence-corrected chi connectivity index (χ3v) is 6.38. The van der Waals surface area contributed by atoms with E-state index in [0.717, 1.165) is 57.7 Å². The summed E-state index contributed by atoms with van der Waals surface area (Å²) in [7, 11) is 0. The highest BCUT2D eigenvalue weighted by molar-refractivity contribution is 4.73. The fraction of sp³-hybridized carbons (Fsp3) is 1.00. The fourth-order valence-electron chi connectivity index (χ4n) is 4.40. The Bertz CT molecular complexity index is 407. The van der Waals surface area contributed by atoms with Crippen molar-refractivity contribution in [1.82, 2.24) is 0 Å². The summed E-state index contributed by atoms with van der Waals surface area (Å²) in [5, 5.41) is 18.1. The lowest BCUT2D eigenvalue weighted by molar-refractivity contribution is -0.0319. The molecule has 1 unspecified atom stereocenters. The van der Waals surface area contributed by atoms with E-state index < -0.39 is 0 Å². The third-order valence-electron chi connectivity index (χ3n) is 6.38. The Kier molecular flexibility index (Phi) is 14.2. The Morgan fingerprint density at radius 2 is 1.10 bits per heavy atom. The smallest absolute Gasteiger partial charge is 0.0814 e. The van der Waals surface area contributed by atoms with Crippen LogP contribution in [0.3, 0.4) is 0 Å². The van der Waals surface area contributed by atoms with Crippen LogP contribution in [0.25, 0.3) is 0 Å². The van der Waals surface area contributed by atoms with Crippen LogP contribution >= 0.6 is 0 Å². The van der Waals surface area contributed by atoms with Gasteiger partial charge in [-0.05, 0) is 44.4 Å². The zero-order valence-corrected chi connectivity index (χ0v) is 19.1. The van der Waals surface area contributed by atoms with Crippen molar-refractivity contribution >= 4 is 0 Å². The van der Waals surface area contributed by atoms with Crippen LogP contribution in [0.15, 0.2) is 0 Å². The van der Waals surface area contributed by atoms with Crippen LogP contribution in [-0.2, 0) is 18.9 Å². The van der Waals surface area contributed by atoms with Crippen LogP contribution in [-0.4, -0.2) is 74.3 Å². The van der Waals surface area contributed by atoms with Gasteiger partial charge >= 0.3 is 0 Å². The number of hydrogen-bond donors (Lipinski definition) is 2. The number of aliphatic hydroxyl groups is 2. The molecule has 2 heterocycles. The van der Waals surface area contributed by atoms with Gasteiger partial charge in [0.25, 0.3) is 0 Å². The number of aliphatic hydroxyl groups excluding tert-OH is 2. The van der Waals surface area contributed by atoms with Crippen molar-refractivity contribution in [3.05, 3.63) is 0 Å². The summed E-state index contributed by atoms with van der Waals surface area (Å²) in [4.78, 5) is 0.